The highest BCUT2D eigenvalue weighted by Gasteiger charge is 2.03. The van der Waals surface area contributed by atoms with Gasteiger partial charge in [-0.25, -0.2) is 0 Å². The fourth-order valence-corrected chi connectivity index (χ4v) is 2.17. The van der Waals surface area contributed by atoms with E-state index in [0.29, 0.717) is 11.0 Å². The van der Waals surface area contributed by atoms with Crippen LogP contribution in [0, 0.1) is 0 Å². The molecule has 0 aliphatic rings. The van der Waals surface area contributed by atoms with Gasteiger partial charge in [-0.2, -0.15) is 0 Å². The molecule has 0 fully saturated rings. The van der Waals surface area contributed by atoms with E-state index in [1.807, 2.05) is 6.07 Å². The average molecular weight is 307 g/mol. The molecule has 1 aromatic rings. The maximum atomic E-state index is 9.59. The van der Waals surface area contributed by atoms with E-state index in [9.17, 15) is 5.11 Å². The molecule has 0 unspecified atom stereocenters. The van der Waals surface area contributed by atoms with Crippen LogP contribution < -0.4 is 5.73 Å². The molecule has 1 aromatic carbocycles. The van der Waals surface area contributed by atoms with Crippen molar-refractivity contribution in [3.63, 3.8) is 0 Å². The molecule has 0 saturated heterocycles. The molecule has 0 bridgehead atoms. The summed E-state index contributed by atoms with van der Waals surface area (Å²) >= 11 is 6.58. The normalized spacial score (nSPS) is 11.0. The number of phenols is 1. The van der Waals surface area contributed by atoms with Crippen LogP contribution in [0.3, 0.4) is 0 Å². The van der Waals surface area contributed by atoms with Gasteiger partial charge in [0.05, 0.1) is 4.47 Å². The Bertz CT molecular complexity index is 337. The van der Waals surface area contributed by atoms with E-state index < -0.39 is 0 Å². The fourth-order valence-electron chi connectivity index (χ4n) is 0.908. The van der Waals surface area contributed by atoms with Gasteiger partial charge < -0.3 is 10.8 Å². The van der Waals surface area contributed by atoms with Gasteiger partial charge in [0.1, 0.15) is 5.75 Å². The molecule has 0 atom stereocenters. The van der Waals surface area contributed by atoms with Crippen molar-refractivity contribution in [1.29, 1.82) is 0 Å². The second-order valence-corrected chi connectivity index (χ2v) is 4.23. The van der Waals surface area contributed by atoms with Gasteiger partial charge in [0.25, 0.3) is 0 Å². The SMILES string of the molecule is NCC=Cc1cc(Br)cc(Br)c1O. The van der Waals surface area contributed by atoms with Crippen LogP contribution in [0.2, 0.25) is 0 Å². The van der Waals surface area contributed by atoms with Crippen LogP contribution in [0.25, 0.3) is 6.08 Å². The zero-order valence-corrected chi connectivity index (χ0v) is 9.97. The van der Waals surface area contributed by atoms with E-state index in [-0.39, 0.29) is 5.75 Å². The number of nitrogens with two attached hydrogens (primary N) is 1. The number of rotatable bonds is 2. The lowest BCUT2D eigenvalue weighted by Crippen LogP contribution is -1.92. The summed E-state index contributed by atoms with van der Waals surface area (Å²) in [5.74, 6) is 0.230. The molecule has 0 aliphatic carbocycles. The molecule has 70 valence electrons. The Kier molecular flexibility index (Phi) is 3.96. The van der Waals surface area contributed by atoms with Gasteiger partial charge >= 0.3 is 0 Å². The number of aromatic hydroxyl groups is 1. The Balaban J connectivity index is 3.12. The highest BCUT2D eigenvalue weighted by atomic mass is 79.9. The van der Waals surface area contributed by atoms with Gasteiger partial charge in [-0.3, -0.25) is 0 Å². The summed E-state index contributed by atoms with van der Waals surface area (Å²) in [5, 5.41) is 9.59. The van der Waals surface area contributed by atoms with Crippen LogP contribution in [0.4, 0.5) is 0 Å². The first kappa shape index (κ1) is 10.8. The van der Waals surface area contributed by atoms with Crippen molar-refractivity contribution in [2.24, 2.45) is 5.73 Å². The molecular weight excluding hydrogens is 298 g/mol. The molecule has 0 amide bonds. The van der Waals surface area contributed by atoms with E-state index in [4.69, 9.17) is 5.73 Å². The van der Waals surface area contributed by atoms with Crippen LogP contribution in [0.15, 0.2) is 27.2 Å². The average Bonchev–Trinajstić information content (AvgIpc) is 2.09. The smallest absolute Gasteiger partial charge is 0.137 e. The second-order valence-electron chi connectivity index (χ2n) is 2.46. The topological polar surface area (TPSA) is 46.2 Å². The van der Waals surface area contributed by atoms with Crippen LogP contribution in [-0.2, 0) is 0 Å². The molecule has 4 heteroatoms. The molecule has 2 nitrogen and oxygen atoms in total. The van der Waals surface area contributed by atoms with Gasteiger partial charge in [-0.05, 0) is 28.1 Å². The molecule has 0 heterocycles. The summed E-state index contributed by atoms with van der Waals surface area (Å²) < 4.78 is 1.58. The molecule has 0 radical (unpaired) electrons. The molecule has 3 N–H and O–H groups in total. The highest BCUT2D eigenvalue weighted by molar-refractivity contribution is 9.11. The first-order chi connectivity index (χ1) is 6.15. The molecule has 0 saturated carbocycles. The summed E-state index contributed by atoms with van der Waals surface area (Å²) in [4.78, 5) is 0. The van der Waals surface area contributed by atoms with Crippen molar-refractivity contribution in [1.82, 2.24) is 0 Å². The van der Waals surface area contributed by atoms with E-state index in [1.54, 1.807) is 18.2 Å². The van der Waals surface area contributed by atoms with E-state index >= 15 is 0 Å². The predicted octanol–water partition coefficient (Wildman–Crippen LogP) is 2.89. The molecular formula is C9H9Br2NO. The number of hydrogen-bond acceptors (Lipinski definition) is 2. The molecule has 0 spiro atoms. The summed E-state index contributed by atoms with van der Waals surface area (Å²) in [5.41, 5.74) is 6.05. The summed E-state index contributed by atoms with van der Waals surface area (Å²) in [6, 6.07) is 3.61. The fraction of sp³-hybridized carbons (Fsp3) is 0.111. The Labute approximate surface area is 93.7 Å². The number of benzene rings is 1. The van der Waals surface area contributed by atoms with Crippen LogP contribution in [0.5, 0.6) is 5.75 Å². The van der Waals surface area contributed by atoms with Gasteiger partial charge in [0, 0.05) is 16.6 Å². The third-order valence-electron chi connectivity index (χ3n) is 1.49. The molecule has 0 aromatic heterocycles. The lowest BCUT2D eigenvalue weighted by Gasteiger charge is -2.02. The number of hydrogen-bond donors (Lipinski definition) is 2. The van der Waals surface area contributed by atoms with Crippen LogP contribution in [-0.4, -0.2) is 11.7 Å². The lowest BCUT2D eigenvalue weighted by molar-refractivity contribution is 0.470. The van der Waals surface area contributed by atoms with Crippen molar-refractivity contribution in [2.75, 3.05) is 6.54 Å². The quantitative estimate of drug-likeness (QED) is 0.882. The number of phenolic OH excluding ortho intramolecular Hbond substituents is 1. The van der Waals surface area contributed by atoms with Crippen molar-refractivity contribution >= 4 is 37.9 Å². The van der Waals surface area contributed by atoms with Gasteiger partial charge in [-0.15, -0.1) is 0 Å². The van der Waals surface area contributed by atoms with Crippen molar-refractivity contribution in [3.05, 3.63) is 32.7 Å². The maximum absolute atomic E-state index is 9.59. The number of halogens is 2. The zero-order chi connectivity index (χ0) is 9.84. The van der Waals surface area contributed by atoms with Crippen LogP contribution in [0.1, 0.15) is 5.56 Å². The largest absolute Gasteiger partial charge is 0.506 e. The molecule has 1 rings (SSSR count). The summed E-state index contributed by atoms with van der Waals surface area (Å²) in [6.07, 6.45) is 3.57. The Morgan fingerprint density at radius 3 is 2.69 bits per heavy atom. The highest BCUT2D eigenvalue weighted by Crippen LogP contribution is 2.32. The van der Waals surface area contributed by atoms with Crippen molar-refractivity contribution in [3.8, 4) is 5.75 Å². The Hall–Kier alpha value is -0.320. The predicted molar refractivity (Wildman–Crippen MR) is 61.6 cm³/mol. The molecule has 13 heavy (non-hydrogen) atoms. The molecule has 0 aliphatic heterocycles. The first-order valence-electron chi connectivity index (χ1n) is 3.69. The minimum atomic E-state index is 0.230. The van der Waals surface area contributed by atoms with Crippen molar-refractivity contribution in [2.45, 2.75) is 0 Å². The van der Waals surface area contributed by atoms with E-state index in [1.165, 1.54) is 0 Å². The van der Waals surface area contributed by atoms with Crippen molar-refractivity contribution < 1.29 is 5.11 Å². The summed E-state index contributed by atoms with van der Waals surface area (Å²) in [6.45, 7) is 0.462. The second kappa shape index (κ2) is 4.79. The van der Waals surface area contributed by atoms with Gasteiger partial charge in [0.15, 0.2) is 0 Å². The standard InChI is InChI=1S/C9H9Br2NO/c10-7-4-6(2-1-3-12)9(13)8(11)5-7/h1-2,4-5,13H,3,12H2. The first-order valence-corrected chi connectivity index (χ1v) is 5.28. The maximum Gasteiger partial charge on any atom is 0.137 e. The third kappa shape index (κ3) is 2.83. The zero-order valence-electron chi connectivity index (χ0n) is 6.80. The van der Waals surface area contributed by atoms with Gasteiger partial charge in [0.2, 0.25) is 0 Å². The minimum Gasteiger partial charge on any atom is -0.506 e. The Morgan fingerprint density at radius 1 is 1.38 bits per heavy atom. The summed E-state index contributed by atoms with van der Waals surface area (Å²) in [7, 11) is 0. The Morgan fingerprint density at radius 2 is 2.08 bits per heavy atom. The van der Waals surface area contributed by atoms with Gasteiger partial charge in [-0.1, -0.05) is 28.1 Å². The van der Waals surface area contributed by atoms with Crippen LogP contribution >= 0.6 is 31.9 Å². The monoisotopic (exact) mass is 305 g/mol. The third-order valence-corrected chi connectivity index (χ3v) is 2.55. The van der Waals surface area contributed by atoms with E-state index in [2.05, 4.69) is 31.9 Å². The lowest BCUT2D eigenvalue weighted by atomic mass is 10.2. The van der Waals surface area contributed by atoms with E-state index in [0.717, 1.165) is 10.0 Å². The minimum absolute atomic E-state index is 0.230.